The molecule has 0 amide bonds. The van der Waals surface area contributed by atoms with Crippen LogP contribution in [0.5, 0.6) is 28.7 Å². The first-order valence-corrected chi connectivity index (χ1v) is 16.9. The molecule has 0 aliphatic carbocycles. The average molecular weight is 787 g/mol. The van der Waals surface area contributed by atoms with E-state index in [4.69, 9.17) is 37.6 Å². The minimum atomic E-state index is -1.94. The predicted octanol–water partition coefficient (Wildman–Crippen LogP) is -3.91. The maximum Gasteiger partial charge on any atom is 0.239 e. The molecule has 3 aliphatic heterocycles. The van der Waals surface area contributed by atoms with Crippen molar-refractivity contribution >= 4 is 11.0 Å². The number of aromatic hydroxyl groups is 2. The molecule has 55 heavy (non-hydrogen) atoms. The number of aliphatic hydroxyl groups is 10. The second kappa shape index (κ2) is 16.3. The summed E-state index contributed by atoms with van der Waals surface area (Å²) in [6, 6.07) is 5.80. The van der Waals surface area contributed by atoms with E-state index < -0.39 is 128 Å². The fraction of sp³-hybridized carbons (Fsp3) is 0.559. The number of hydrogen-bond donors (Lipinski definition) is 12. The highest BCUT2D eigenvalue weighted by atomic mass is 16.8. The van der Waals surface area contributed by atoms with Crippen molar-refractivity contribution in [2.45, 2.75) is 99.0 Å². The summed E-state index contributed by atoms with van der Waals surface area (Å²) in [5, 5.41) is 124. The Labute approximate surface area is 309 Å². The van der Waals surface area contributed by atoms with Gasteiger partial charge in [-0.2, -0.15) is 0 Å². The molecule has 0 spiro atoms. The molecule has 12 N–H and O–H groups in total. The van der Waals surface area contributed by atoms with Crippen LogP contribution in [0.4, 0.5) is 0 Å². The Balaban J connectivity index is 1.40. The first-order chi connectivity index (χ1) is 26.1. The van der Waals surface area contributed by atoms with E-state index in [1.54, 1.807) is 0 Å². The summed E-state index contributed by atoms with van der Waals surface area (Å²) in [5.41, 5.74) is -1.35. The van der Waals surface area contributed by atoms with Crippen molar-refractivity contribution in [3.63, 3.8) is 0 Å². The summed E-state index contributed by atoms with van der Waals surface area (Å²) < 4.78 is 45.1. The van der Waals surface area contributed by atoms with Gasteiger partial charge in [0.1, 0.15) is 83.5 Å². The molecular formula is C34H42O21. The SMILES string of the molecule is COc1cc(-c2oc3cc(O[C@H]4O[C@H](CO)[C@H](O)[C@@H](O)[C@@H]4O[C@H]4O[C@H](CO)[C@@H](O)[C@@H](O)[C@@H]4O)cc(O)c3c(=O)c2O[C@H]2O[C@H](C)[C@@H](O)[C@H](O)[C@H]2O)ccc1O. The van der Waals surface area contributed by atoms with Crippen LogP contribution in [-0.4, -0.2) is 174 Å². The smallest absolute Gasteiger partial charge is 0.239 e. The molecule has 3 saturated heterocycles. The topological polar surface area (TPSA) is 338 Å². The Bertz CT molecular complexity index is 1870. The molecule has 304 valence electrons. The number of phenols is 2. The summed E-state index contributed by atoms with van der Waals surface area (Å²) in [6.45, 7) is -0.259. The zero-order valence-corrected chi connectivity index (χ0v) is 29.0. The molecule has 3 fully saturated rings. The van der Waals surface area contributed by atoms with Crippen molar-refractivity contribution in [2.75, 3.05) is 20.3 Å². The van der Waals surface area contributed by atoms with Gasteiger partial charge < -0.3 is 98.9 Å². The Morgan fingerprint density at radius 2 is 1.29 bits per heavy atom. The van der Waals surface area contributed by atoms with Crippen molar-refractivity contribution in [3.05, 3.63) is 40.6 Å². The van der Waals surface area contributed by atoms with Gasteiger partial charge in [-0.15, -0.1) is 0 Å². The molecular weight excluding hydrogens is 744 g/mol. The molecule has 6 rings (SSSR count). The highest BCUT2D eigenvalue weighted by Crippen LogP contribution is 2.41. The van der Waals surface area contributed by atoms with Gasteiger partial charge in [-0.25, -0.2) is 0 Å². The molecule has 0 radical (unpaired) electrons. The maximum atomic E-state index is 14.1. The molecule has 0 saturated carbocycles. The van der Waals surface area contributed by atoms with Crippen LogP contribution < -0.4 is 19.6 Å². The lowest BCUT2D eigenvalue weighted by atomic mass is 9.97. The lowest BCUT2D eigenvalue weighted by molar-refractivity contribution is -0.357. The number of hydrogen-bond acceptors (Lipinski definition) is 21. The monoisotopic (exact) mass is 786 g/mol. The van der Waals surface area contributed by atoms with Gasteiger partial charge in [0.05, 0.1) is 26.4 Å². The van der Waals surface area contributed by atoms with E-state index in [1.165, 1.54) is 32.2 Å². The number of phenolic OH excluding ortho intramolecular Hbond substituents is 2. The lowest BCUT2D eigenvalue weighted by Gasteiger charge is -2.45. The third-order valence-electron chi connectivity index (χ3n) is 9.61. The summed E-state index contributed by atoms with van der Waals surface area (Å²) in [7, 11) is 1.26. The number of fused-ring (bicyclic) bond motifs is 1. The Morgan fingerprint density at radius 3 is 1.95 bits per heavy atom. The number of benzene rings is 2. The zero-order valence-electron chi connectivity index (χ0n) is 29.0. The van der Waals surface area contributed by atoms with Crippen LogP contribution >= 0.6 is 0 Å². The zero-order chi connectivity index (χ0) is 40.0. The van der Waals surface area contributed by atoms with Crippen LogP contribution in [0.15, 0.2) is 39.5 Å². The fourth-order valence-corrected chi connectivity index (χ4v) is 6.43. The summed E-state index contributed by atoms with van der Waals surface area (Å²) in [6.07, 6.45) is -25.5. The van der Waals surface area contributed by atoms with Crippen LogP contribution in [0.1, 0.15) is 6.92 Å². The van der Waals surface area contributed by atoms with Crippen molar-refractivity contribution in [2.24, 2.45) is 0 Å². The van der Waals surface area contributed by atoms with E-state index in [0.29, 0.717) is 0 Å². The Hall–Kier alpha value is -3.91. The molecule has 2 aromatic carbocycles. The highest BCUT2D eigenvalue weighted by Gasteiger charge is 2.51. The number of ether oxygens (including phenoxy) is 7. The van der Waals surface area contributed by atoms with Crippen molar-refractivity contribution in [1.29, 1.82) is 0 Å². The largest absolute Gasteiger partial charge is 0.507 e. The minimum absolute atomic E-state index is 0.0555. The number of aliphatic hydroxyl groups excluding tert-OH is 10. The average Bonchev–Trinajstić information content (AvgIpc) is 3.16. The van der Waals surface area contributed by atoms with Crippen molar-refractivity contribution in [3.8, 4) is 40.1 Å². The minimum Gasteiger partial charge on any atom is -0.507 e. The molecule has 1 aromatic heterocycles. The molecule has 21 heteroatoms. The third-order valence-corrected chi connectivity index (χ3v) is 9.61. The van der Waals surface area contributed by atoms with E-state index in [2.05, 4.69) is 0 Å². The van der Waals surface area contributed by atoms with Gasteiger partial charge in [0.2, 0.25) is 23.8 Å². The normalized spacial score (nSPS) is 36.8. The third kappa shape index (κ3) is 7.65. The van der Waals surface area contributed by atoms with Gasteiger partial charge in [-0.1, -0.05) is 0 Å². The first kappa shape index (κ1) is 40.7. The Kier molecular flexibility index (Phi) is 12.1. The molecule has 0 unspecified atom stereocenters. The maximum absolute atomic E-state index is 14.1. The van der Waals surface area contributed by atoms with E-state index in [-0.39, 0.29) is 34.2 Å². The second-order valence-corrected chi connectivity index (χ2v) is 13.2. The fourth-order valence-electron chi connectivity index (χ4n) is 6.43. The molecule has 21 nitrogen and oxygen atoms in total. The second-order valence-electron chi connectivity index (χ2n) is 13.2. The number of methoxy groups -OCH3 is 1. The van der Waals surface area contributed by atoms with Gasteiger partial charge in [0, 0.05) is 17.7 Å². The highest BCUT2D eigenvalue weighted by molar-refractivity contribution is 5.88. The predicted molar refractivity (Wildman–Crippen MR) is 178 cm³/mol. The standard InChI is InChI=1S/C34H42O21/c1-10-20(39)24(43)27(46)32(49-10)54-30-23(42)19-14(38)6-12(7-16(19)51-29(30)11-3-4-13(37)15(5-11)48-2)50-34-31(26(45)22(41)18(9-36)53-34)55-33-28(47)25(44)21(40)17(8-35)52-33/h3-7,10,17-18,20-22,24-28,31-41,43-47H,8-9H2,1-2H3/t10-,17-,18-,20-,21-,22+,24+,25-,26-,27-,28+,31+,32-,33-,34+/m1/s1. The van der Waals surface area contributed by atoms with Gasteiger partial charge >= 0.3 is 0 Å². The van der Waals surface area contributed by atoms with Crippen LogP contribution in [0.3, 0.4) is 0 Å². The number of rotatable bonds is 10. The van der Waals surface area contributed by atoms with Crippen LogP contribution in [0, 0.1) is 0 Å². The molecule has 15 atom stereocenters. The molecule has 4 heterocycles. The van der Waals surface area contributed by atoms with E-state index in [1.807, 2.05) is 0 Å². The van der Waals surface area contributed by atoms with Crippen LogP contribution in [0.2, 0.25) is 0 Å². The summed E-state index contributed by atoms with van der Waals surface area (Å²) in [4.78, 5) is 14.1. The van der Waals surface area contributed by atoms with Crippen molar-refractivity contribution < 1.29 is 98.9 Å². The van der Waals surface area contributed by atoms with Gasteiger partial charge in [0.15, 0.2) is 29.7 Å². The van der Waals surface area contributed by atoms with Crippen molar-refractivity contribution in [1.82, 2.24) is 0 Å². The van der Waals surface area contributed by atoms with E-state index >= 15 is 0 Å². The molecule has 3 aliphatic rings. The summed E-state index contributed by atoms with van der Waals surface area (Å²) >= 11 is 0. The lowest BCUT2D eigenvalue weighted by Crippen LogP contribution is -2.65. The van der Waals surface area contributed by atoms with Crippen LogP contribution in [0.25, 0.3) is 22.3 Å². The molecule has 3 aromatic rings. The molecule has 0 bridgehead atoms. The first-order valence-electron chi connectivity index (χ1n) is 16.9. The summed E-state index contributed by atoms with van der Waals surface area (Å²) in [5.74, 6) is -2.48. The van der Waals surface area contributed by atoms with Gasteiger partial charge in [-0.3, -0.25) is 4.79 Å². The van der Waals surface area contributed by atoms with E-state index in [9.17, 15) is 66.1 Å². The Morgan fingerprint density at radius 1 is 0.673 bits per heavy atom. The van der Waals surface area contributed by atoms with E-state index in [0.717, 1.165) is 12.1 Å². The quantitative estimate of drug-likeness (QED) is 0.0934. The van der Waals surface area contributed by atoms with Gasteiger partial charge in [-0.05, 0) is 25.1 Å². The van der Waals surface area contributed by atoms with Gasteiger partial charge in [0.25, 0.3) is 0 Å². The van der Waals surface area contributed by atoms with Crippen LogP contribution in [-0.2, 0) is 18.9 Å².